The average Bonchev–Trinajstić information content (AvgIpc) is 2.95. The summed E-state index contributed by atoms with van der Waals surface area (Å²) in [6, 6.07) is 0. The Hall–Kier alpha value is -0.600. The van der Waals surface area contributed by atoms with E-state index in [0.29, 0.717) is 23.2 Å². The third-order valence-electron chi connectivity index (χ3n) is 7.16. The van der Waals surface area contributed by atoms with Crippen LogP contribution in [0.5, 0.6) is 0 Å². The molecule has 6 atom stereocenters. The van der Waals surface area contributed by atoms with Crippen LogP contribution in [0, 0.1) is 29.1 Å². The molecule has 0 radical (unpaired) electrons. The van der Waals surface area contributed by atoms with Crippen molar-refractivity contribution in [3.63, 3.8) is 0 Å². The number of fused-ring (bicyclic) bond motifs is 3. The van der Waals surface area contributed by atoms with Gasteiger partial charge in [0.1, 0.15) is 0 Å². The van der Waals surface area contributed by atoms with Gasteiger partial charge in [0.2, 0.25) is 0 Å². The van der Waals surface area contributed by atoms with E-state index in [-0.39, 0.29) is 6.61 Å². The summed E-state index contributed by atoms with van der Waals surface area (Å²) in [5.41, 5.74) is 2.34. The van der Waals surface area contributed by atoms with Crippen molar-refractivity contribution in [1.29, 1.82) is 0 Å². The van der Waals surface area contributed by atoms with E-state index in [1.165, 1.54) is 18.4 Å². The summed E-state index contributed by atoms with van der Waals surface area (Å²) in [4.78, 5) is 0. The molecule has 3 saturated carbocycles. The van der Waals surface area contributed by atoms with Gasteiger partial charge in [-0.2, -0.15) is 0 Å². The Kier molecular flexibility index (Phi) is 4.06. The molecule has 0 bridgehead atoms. The Morgan fingerprint density at radius 1 is 1.32 bits per heavy atom. The van der Waals surface area contributed by atoms with Gasteiger partial charge >= 0.3 is 0 Å². The Labute approximate surface area is 135 Å². The second kappa shape index (κ2) is 5.49. The van der Waals surface area contributed by atoms with Crippen molar-refractivity contribution in [3.8, 4) is 0 Å². The highest BCUT2D eigenvalue weighted by molar-refractivity contribution is 5.24. The number of aliphatic hydroxyl groups excluding tert-OH is 1. The molecule has 0 unspecified atom stereocenters. The summed E-state index contributed by atoms with van der Waals surface area (Å²) >= 11 is 0. The van der Waals surface area contributed by atoms with Crippen molar-refractivity contribution < 1.29 is 10.2 Å². The van der Waals surface area contributed by atoms with Crippen molar-refractivity contribution in [1.82, 2.24) is 0 Å². The summed E-state index contributed by atoms with van der Waals surface area (Å²) < 4.78 is 0. The maximum atomic E-state index is 10.9. The minimum Gasteiger partial charge on any atom is -0.392 e. The first-order chi connectivity index (χ1) is 10.3. The summed E-state index contributed by atoms with van der Waals surface area (Å²) in [5, 5.41) is 20.1. The molecule has 2 heteroatoms. The first kappa shape index (κ1) is 16.3. The third-order valence-corrected chi connectivity index (χ3v) is 7.16. The molecule has 3 rings (SSSR count). The summed E-state index contributed by atoms with van der Waals surface area (Å²) in [5.74, 6) is 2.38. The molecular weight excluding hydrogens is 272 g/mol. The molecule has 0 spiro atoms. The largest absolute Gasteiger partial charge is 0.392 e. The smallest absolute Gasteiger partial charge is 0.0656 e. The minimum absolute atomic E-state index is 0.169. The van der Waals surface area contributed by atoms with Crippen molar-refractivity contribution in [3.05, 3.63) is 23.8 Å². The van der Waals surface area contributed by atoms with Crippen LogP contribution in [-0.2, 0) is 0 Å². The highest BCUT2D eigenvalue weighted by atomic mass is 16.3. The van der Waals surface area contributed by atoms with Gasteiger partial charge in [-0.25, -0.2) is 0 Å². The highest BCUT2D eigenvalue weighted by Gasteiger charge is 2.68. The Morgan fingerprint density at radius 3 is 2.73 bits per heavy atom. The number of allylic oxidation sites excluding steroid dienone is 2. The third kappa shape index (κ3) is 2.49. The molecule has 0 heterocycles. The van der Waals surface area contributed by atoms with Gasteiger partial charge in [-0.15, -0.1) is 0 Å². The molecule has 0 saturated heterocycles. The zero-order valence-corrected chi connectivity index (χ0v) is 14.4. The fraction of sp³-hybridized carbons (Fsp3) is 0.800. The second-order valence-electron chi connectivity index (χ2n) is 8.61. The van der Waals surface area contributed by atoms with Crippen LogP contribution in [0.15, 0.2) is 23.8 Å². The van der Waals surface area contributed by atoms with E-state index in [1.807, 2.05) is 6.92 Å². The van der Waals surface area contributed by atoms with Crippen LogP contribution >= 0.6 is 0 Å². The number of hydrogen-bond donors (Lipinski definition) is 2. The van der Waals surface area contributed by atoms with Gasteiger partial charge in [0.05, 0.1) is 12.2 Å². The predicted octanol–water partition coefficient (Wildman–Crippen LogP) is 4.08. The second-order valence-corrected chi connectivity index (χ2v) is 8.61. The van der Waals surface area contributed by atoms with Crippen molar-refractivity contribution in [2.75, 3.05) is 6.61 Å². The fourth-order valence-electron chi connectivity index (χ4n) is 5.76. The summed E-state index contributed by atoms with van der Waals surface area (Å²) in [6.45, 7) is 11.0. The van der Waals surface area contributed by atoms with E-state index < -0.39 is 5.60 Å². The maximum Gasteiger partial charge on any atom is 0.0656 e. The van der Waals surface area contributed by atoms with E-state index in [1.54, 1.807) is 0 Å². The van der Waals surface area contributed by atoms with E-state index in [9.17, 15) is 5.11 Å². The lowest BCUT2D eigenvalue weighted by atomic mass is 9.76. The van der Waals surface area contributed by atoms with Crippen molar-refractivity contribution in [2.45, 2.75) is 64.9 Å². The summed E-state index contributed by atoms with van der Waals surface area (Å²) in [7, 11) is 0. The van der Waals surface area contributed by atoms with E-state index in [0.717, 1.165) is 37.2 Å². The number of hydrogen-bond acceptors (Lipinski definition) is 2. The number of rotatable bonds is 4. The lowest BCUT2D eigenvalue weighted by Crippen LogP contribution is -2.35. The molecule has 2 nitrogen and oxygen atoms in total. The first-order valence-electron chi connectivity index (χ1n) is 8.98. The quantitative estimate of drug-likeness (QED) is 0.768. The van der Waals surface area contributed by atoms with Crippen LogP contribution in [0.1, 0.15) is 59.3 Å². The lowest BCUT2D eigenvalue weighted by molar-refractivity contribution is -0.00230. The van der Waals surface area contributed by atoms with Crippen LogP contribution in [0.3, 0.4) is 0 Å². The van der Waals surface area contributed by atoms with Crippen LogP contribution < -0.4 is 0 Å². The van der Waals surface area contributed by atoms with E-state index >= 15 is 0 Å². The molecule has 3 aliphatic carbocycles. The van der Waals surface area contributed by atoms with Gasteiger partial charge in [-0.3, -0.25) is 0 Å². The topological polar surface area (TPSA) is 40.5 Å². The van der Waals surface area contributed by atoms with Gasteiger partial charge in [0.15, 0.2) is 0 Å². The van der Waals surface area contributed by atoms with E-state index in [2.05, 4.69) is 26.5 Å². The minimum atomic E-state index is -0.504. The lowest BCUT2D eigenvalue weighted by Gasteiger charge is -2.32. The first-order valence-corrected chi connectivity index (χ1v) is 8.98. The van der Waals surface area contributed by atoms with Gasteiger partial charge in [-0.05, 0) is 81.5 Å². The van der Waals surface area contributed by atoms with Gasteiger partial charge in [0, 0.05) is 0 Å². The molecule has 3 fully saturated rings. The number of aliphatic hydroxyl groups is 2. The Balaban J connectivity index is 1.76. The van der Waals surface area contributed by atoms with E-state index in [4.69, 9.17) is 5.11 Å². The SMILES string of the molecule is C=C1CC[C@@H]2[C@H]([C@@H]3[C@H]1CC[C@]3(C)O)[C@@]2(C)CCC=C(C)CO. The zero-order valence-electron chi connectivity index (χ0n) is 14.4. The monoisotopic (exact) mass is 304 g/mol. The molecule has 0 aromatic heterocycles. The van der Waals surface area contributed by atoms with Crippen LogP contribution in [0.2, 0.25) is 0 Å². The molecule has 2 N–H and O–H groups in total. The maximum absolute atomic E-state index is 10.9. The van der Waals surface area contributed by atoms with Crippen LogP contribution in [0.25, 0.3) is 0 Å². The molecule has 0 amide bonds. The standard InChI is InChI=1S/C20H32O2/c1-13(12-21)6-5-10-19(3)16-8-7-14(2)15-9-11-20(4,22)17(15)18(16)19/h6,15-18,21-22H,2,5,7-12H2,1,3-4H3/t15-,16+,17-,18+,19-,20-/m0/s1. The molecule has 0 aromatic rings. The average molecular weight is 304 g/mol. The molecule has 124 valence electrons. The molecule has 3 aliphatic rings. The summed E-state index contributed by atoms with van der Waals surface area (Å²) in [6.07, 6.45) is 8.89. The van der Waals surface area contributed by atoms with Crippen LogP contribution in [-0.4, -0.2) is 22.4 Å². The fourth-order valence-corrected chi connectivity index (χ4v) is 5.76. The molecule has 22 heavy (non-hydrogen) atoms. The van der Waals surface area contributed by atoms with Gasteiger partial charge in [-0.1, -0.05) is 30.7 Å². The van der Waals surface area contributed by atoms with Gasteiger partial charge in [0.25, 0.3) is 0 Å². The highest BCUT2D eigenvalue weighted by Crippen LogP contribution is 2.73. The van der Waals surface area contributed by atoms with Gasteiger partial charge < -0.3 is 10.2 Å². The Morgan fingerprint density at radius 2 is 2.05 bits per heavy atom. The van der Waals surface area contributed by atoms with Crippen LogP contribution in [0.4, 0.5) is 0 Å². The van der Waals surface area contributed by atoms with Crippen molar-refractivity contribution in [2.24, 2.45) is 29.1 Å². The Bertz CT molecular complexity index is 490. The zero-order chi connectivity index (χ0) is 16.1. The molecular formula is C20H32O2. The predicted molar refractivity (Wildman–Crippen MR) is 90.4 cm³/mol. The molecule has 0 aliphatic heterocycles. The van der Waals surface area contributed by atoms with Crippen molar-refractivity contribution >= 4 is 0 Å². The molecule has 0 aromatic carbocycles. The normalized spacial score (nSPS) is 47.9.